The molecule has 7 heteroatoms. The molecule has 176 valence electrons. The van der Waals surface area contributed by atoms with E-state index in [9.17, 15) is 9.59 Å². The molecule has 7 nitrogen and oxygen atoms in total. The lowest BCUT2D eigenvalue weighted by molar-refractivity contribution is 0.0599. The van der Waals surface area contributed by atoms with Crippen LogP contribution in [0.1, 0.15) is 43.4 Å². The van der Waals surface area contributed by atoms with Gasteiger partial charge in [0.25, 0.3) is 5.91 Å². The van der Waals surface area contributed by atoms with Crippen LogP contribution in [0.5, 0.6) is 17.2 Å². The molecule has 0 aliphatic carbocycles. The van der Waals surface area contributed by atoms with E-state index in [0.717, 1.165) is 22.4 Å². The molecule has 3 aromatic carbocycles. The number of ether oxygens (including phenoxy) is 4. The number of methoxy groups -OCH3 is 4. The summed E-state index contributed by atoms with van der Waals surface area (Å²) >= 11 is 0. The van der Waals surface area contributed by atoms with Gasteiger partial charge < -0.3 is 23.8 Å². The lowest BCUT2D eigenvalue weighted by atomic mass is 9.87. The SMILES string of the molecule is COC(=O)c1ccc(C(=O)N2CCc3cc(OC)c(OC)cc3C2c2ccc(OC)cc2)cc1. The minimum atomic E-state index is -0.442. The Morgan fingerprint density at radius 3 is 2.00 bits per heavy atom. The van der Waals surface area contributed by atoms with Crippen LogP contribution >= 0.6 is 0 Å². The van der Waals surface area contributed by atoms with Crippen LogP contribution in [-0.4, -0.2) is 51.8 Å². The van der Waals surface area contributed by atoms with Gasteiger partial charge in [0.1, 0.15) is 5.75 Å². The fourth-order valence-electron chi connectivity index (χ4n) is 4.34. The summed E-state index contributed by atoms with van der Waals surface area (Å²) in [6, 6.07) is 17.8. The van der Waals surface area contributed by atoms with Gasteiger partial charge >= 0.3 is 5.97 Å². The second-order valence-corrected chi connectivity index (χ2v) is 7.90. The number of benzene rings is 3. The molecule has 1 amide bonds. The average Bonchev–Trinajstić information content (AvgIpc) is 2.90. The molecule has 34 heavy (non-hydrogen) atoms. The van der Waals surface area contributed by atoms with Crippen LogP contribution in [0.2, 0.25) is 0 Å². The Bertz CT molecular complexity index is 1190. The number of esters is 1. The first-order valence-corrected chi connectivity index (χ1v) is 10.9. The summed E-state index contributed by atoms with van der Waals surface area (Å²) in [5.74, 6) is 1.44. The molecule has 3 aromatic rings. The lowest BCUT2D eigenvalue weighted by Crippen LogP contribution is -2.40. The van der Waals surface area contributed by atoms with Crippen LogP contribution in [0, 0.1) is 0 Å². The largest absolute Gasteiger partial charge is 0.497 e. The third kappa shape index (κ3) is 4.29. The third-order valence-electron chi connectivity index (χ3n) is 6.12. The summed E-state index contributed by atoms with van der Waals surface area (Å²) in [6.45, 7) is 0.525. The van der Waals surface area contributed by atoms with Gasteiger partial charge in [-0.1, -0.05) is 12.1 Å². The van der Waals surface area contributed by atoms with E-state index in [1.807, 2.05) is 41.3 Å². The molecule has 0 aromatic heterocycles. The second-order valence-electron chi connectivity index (χ2n) is 7.90. The Morgan fingerprint density at radius 2 is 1.41 bits per heavy atom. The highest BCUT2D eigenvalue weighted by molar-refractivity contribution is 5.96. The van der Waals surface area contributed by atoms with E-state index in [1.165, 1.54) is 7.11 Å². The molecule has 1 aliphatic heterocycles. The first-order valence-electron chi connectivity index (χ1n) is 10.9. The van der Waals surface area contributed by atoms with Gasteiger partial charge in [-0.3, -0.25) is 4.79 Å². The van der Waals surface area contributed by atoms with Gasteiger partial charge in [0.05, 0.1) is 40.0 Å². The maximum Gasteiger partial charge on any atom is 0.337 e. The molecule has 0 bridgehead atoms. The van der Waals surface area contributed by atoms with Crippen LogP contribution in [0.3, 0.4) is 0 Å². The fourth-order valence-corrected chi connectivity index (χ4v) is 4.34. The average molecular weight is 462 g/mol. The van der Waals surface area contributed by atoms with Crippen molar-refractivity contribution in [3.8, 4) is 17.2 Å². The molecule has 0 spiro atoms. The van der Waals surface area contributed by atoms with E-state index >= 15 is 0 Å². The number of fused-ring (bicyclic) bond motifs is 1. The van der Waals surface area contributed by atoms with Crippen molar-refractivity contribution < 1.29 is 28.5 Å². The van der Waals surface area contributed by atoms with E-state index in [0.29, 0.717) is 35.6 Å². The fraction of sp³-hybridized carbons (Fsp3) is 0.259. The van der Waals surface area contributed by atoms with Gasteiger partial charge in [0.15, 0.2) is 11.5 Å². The minimum absolute atomic E-state index is 0.127. The number of amides is 1. The third-order valence-corrected chi connectivity index (χ3v) is 6.12. The highest BCUT2D eigenvalue weighted by Gasteiger charge is 2.34. The summed E-state index contributed by atoms with van der Waals surface area (Å²) in [6.07, 6.45) is 0.675. The predicted molar refractivity (Wildman–Crippen MR) is 127 cm³/mol. The van der Waals surface area contributed by atoms with Crippen molar-refractivity contribution in [1.29, 1.82) is 0 Å². The van der Waals surface area contributed by atoms with Crippen LogP contribution in [0.25, 0.3) is 0 Å². The number of carbonyl (C=O) groups excluding carboxylic acids is 2. The predicted octanol–water partition coefficient (Wildman–Crippen LogP) is 4.29. The topological polar surface area (TPSA) is 74.3 Å². The number of hydrogen-bond donors (Lipinski definition) is 0. The molecule has 4 rings (SSSR count). The number of nitrogens with zero attached hydrogens (tertiary/aromatic N) is 1. The van der Waals surface area contributed by atoms with Gasteiger partial charge in [0.2, 0.25) is 0 Å². The highest BCUT2D eigenvalue weighted by atomic mass is 16.5. The minimum Gasteiger partial charge on any atom is -0.497 e. The smallest absolute Gasteiger partial charge is 0.337 e. The Hall–Kier alpha value is -4.00. The number of rotatable bonds is 6. The molecule has 1 aliphatic rings. The Kier molecular flexibility index (Phi) is 6.72. The summed E-state index contributed by atoms with van der Waals surface area (Å²) in [5.41, 5.74) is 3.92. The van der Waals surface area contributed by atoms with Gasteiger partial charge in [-0.2, -0.15) is 0 Å². The molecule has 0 saturated carbocycles. The lowest BCUT2D eigenvalue weighted by Gasteiger charge is -2.38. The molecular formula is C27H27NO6. The molecular weight excluding hydrogens is 434 g/mol. The standard InChI is InChI=1S/C27H27NO6/c1-31-21-11-9-17(10-12-21)25-22-16-24(33-3)23(32-2)15-20(22)13-14-28(25)26(29)18-5-7-19(8-6-18)27(30)34-4/h5-12,15-16,25H,13-14H2,1-4H3. The molecule has 1 heterocycles. The first kappa shape index (κ1) is 23.2. The van der Waals surface area contributed by atoms with Crippen LogP contribution in [0.4, 0.5) is 0 Å². The second kappa shape index (κ2) is 9.87. The van der Waals surface area contributed by atoms with E-state index < -0.39 is 5.97 Å². The molecule has 0 N–H and O–H groups in total. The maximum absolute atomic E-state index is 13.7. The van der Waals surface area contributed by atoms with Crippen molar-refractivity contribution in [3.63, 3.8) is 0 Å². The Morgan fingerprint density at radius 1 is 0.794 bits per heavy atom. The van der Waals surface area contributed by atoms with Crippen LogP contribution in [-0.2, 0) is 11.2 Å². The Labute approximate surface area is 198 Å². The molecule has 1 atom stereocenters. The molecule has 0 saturated heterocycles. The maximum atomic E-state index is 13.7. The van der Waals surface area contributed by atoms with Crippen molar-refractivity contribution in [2.24, 2.45) is 0 Å². The summed E-state index contributed by atoms with van der Waals surface area (Å²) < 4.78 is 21.1. The zero-order chi connectivity index (χ0) is 24.2. The first-order chi connectivity index (χ1) is 16.5. The van der Waals surface area contributed by atoms with Gasteiger partial charge in [-0.15, -0.1) is 0 Å². The van der Waals surface area contributed by atoms with Crippen molar-refractivity contribution in [3.05, 3.63) is 88.5 Å². The van der Waals surface area contributed by atoms with E-state index in [-0.39, 0.29) is 11.9 Å². The van der Waals surface area contributed by atoms with Gasteiger partial charge in [-0.25, -0.2) is 4.79 Å². The monoisotopic (exact) mass is 461 g/mol. The van der Waals surface area contributed by atoms with Crippen LogP contribution < -0.4 is 14.2 Å². The molecule has 1 unspecified atom stereocenters. The highest BCUT2D eigenvalue weighted by Crippen LogP contribution is 2.41. The van der Waals surface area contributed by atoms with Crippen molar-refractivity contribution in [2.45, 2.75) is 12.5 Å². The van der Waals surface area contributed by atoms with Crippen molar-refractivity contribution in [1.82, 2.24) is 4.90 Å². The number of carbonyl (C=O) groups is 2. The molecule has 0 fully saturated rings. The van der Waals surface area contributed by atoms with E-state index in [4.69, 9.17) is 18.9 Å². The van der Waals surface area contributed by atoms with Gasteiger partial charge in [-0.05, 0) is 71.6 Å². The van der Waals surface area contributed by atoms with E-state index in [1.54, 1.807) is 45.6 Å². The quantitative estimate of drug-likeness (QED) is 0.510. The summed E-state index contributed by atoms with van der Waals surface area (Å²) in [7, 11) is 6.16. The van der Waals surface area contributed by atoms with Crippen molar-refractivity contribution >= 4 is 11.9 Å². The zero-order valence-electron chi connectivity index (χ0n) is 19.7. The number of hydrogen-bond acceptors (Lipinski definition) is 6. The van der Waals surface area contributed by atoms with E-state index in [2.05, 4.69) is 0 Å². The zero-order valence-corrected chi connectivity index (χ0v) is 19.7. The normalized spacial score (nSPS) is 14.7. The summed E-state index contributed by atoms with van der Waals surface area (Å²) in [5, 5.41) is 0. The van der Waals surface area contributed by atoms with Gasteiger partial charge in [0, 0.05) is 12.1 Å². The Balaban J connectivity index is 1.78. The molecule has 0 radical (unpaired) electrons. The van der Waals surface area contributed by atoms with Crippen LogP contribution in [0.15, 0.2) is 60.7 Å². The van der Waals surface area contributed by atoms with Crippen molar-refractivity contribution in [2.75, 3.05) is 35.0 Å². The summed E-state index contributed by atoms with van der Waals surface area (Å²) in [4.78, 5) is 27.3.